The van der Waals surface area contributed by atoms with Gasteiger partial charge in [0.25, 0.3) is 0 Å². The van der Waals surface area contributed by atoms with Crippen molar-refractivity contribution < 1.29 is 4.39 Å². The summed E-state index contributed by atoms with van der Waals surface area (Å²) in [5, 5.41) is 3.56. The summed E-state index contributed by atoms with van der Waals surface area (Å²) in [6.07, 6.45) is 7.36. The highest BCUT2D eigenvalue weighted by Crippen LogP contribution is 2.39. The van der Waals surface area contributed by atoms with Crippen molar-refractivity contribution in [2.24, 2.45) is 5.92 Å². The van der Waals surface area contributed by atoms with Crippen LogP contribution in [0.15, 0.2) is 12.1 Å². The SMILES string of the molecule is CCCNCC1CCCCCC1c1c(C)cc(C)cc1F. The van der Waals surface area contributed by atoms with Crippen molar-refractivity contribution in [2.45, 2.75) is 65.2 Å². The van der Waals surface area contributed by atoms with Crippen LogP contribution < -0.4 is 5.32 Å². The summed E-state index contributed by atoms with van der Waals surface area (Å²) in [4.78, 5) is 0. The van der Waals surface area contributed by atoms with Crippen molar-refractivity contribution >= 4 is 0 Å². The molecule has 0 saturated heterocycles. The molecule has 0 aromatic heterocycles. The van der Waals surface area contributed by atoms with Gasteiger partial charge in [-0.3, -0.25) is 0 Å². The Balaban J connectivity index is 2.23. The van der Waals surface area contributed by atoms with Gasteiger partial charge in [-0.25, -0.2) is 4.39 Å². The third-order valence-electron chi connectivity index (χ3n) is 4.84. The van der Waals surface area contributed by atoms with Crippen molar-refractivity contribution in [2.75, 3.05) is 13.1 Å². The summed E-state index contributed by atoms with van der Waals surface area (Å²) in [7, 11) is 0. The fraction of sp³-hybridized carbons (Fsp3) is 0.684. The smallest absolute Gasteiger partial charge is 0.127 e. The van der Waals surface area contributed by atoms with Crippen LogP contribution in [0.5, 0.6) is 0 Å². The molecule has 21 heavy (non-hydrogen) atoms. The molecule has 0 spiro atoms. The van der Waals surface area contributed by atoms with Crippen molar-refractivity contribution in [3.8, 4) is 0 Å². The number of rotatable bonds is 5. The molecule has 0 aliphatic heterocycles. The maximum Gasteiger partial charge on any atom is 0.127 e. The zero-order valence-corrected chi connectivity index (χ0v) is 13.8. The lowest BCUT2D eigenvalue weighted by molar-refractivity contribution is 0.366. The van der Waals surface area contributed by atoms with E-state index in [0.29, 0.717) is 11.8 Å². The van der Waals surface area contributed by atoms with Gasteiger partial charge in [0.05, 0.1) is 0 Å². The van der Waals surface area contributed by atoms with Crippen LogP contribution in [0.25, 0.3) is 0 Å². The summed E-state index contributed by atoms with van der Waals surface area (Å²) < 4.78 is 14.6. The van der Waals surface area contributed by atoms with Crippen molar-refractivity contribution in [1.29, 1.82) is 0 Å². The number of hydrogen-bond donors (Lipinski definition) is 1. The maximum atomic E-state index is 14.6. The van der Waals surface area contributed by atoms with E-state index in [1.165, 1.54) is 25.7 Å². The molecule has 1 aromatic carbocycles. The van der Waals surface area contributed by atoms with Gasteiger partial charge in [-0.2, -0.15) is 0 Å². The molecule has 1 aliphatic rings. The van der Waals surface area contributed by atoms with E-state index in [1.807, 2.05) is 6.92 Å². The van der Waals surface area contributed by atoms with Crippen LogP contribution in [-0.2, 0) is 0 Å². The topological polar surface area (TPSA) is 12.0 Å². The Morgan fingerprint density at radius 3 is 2.62 bits per heavy atom. The lowest BCUT2D eigenvalue weighted by Gasteiger charge is -2.28. The van der Waals surface area contributed by atoms with Crippen molar-refractivity contribution in [3.05, 3.63) is 34.6 Å². The van der Waals surface area contributed by atoms with E-state index >= 15 is 0 Å². The summed E-state index contributed by atoms with van der Waals surface area (Å²) in [5.74, 6) is 0.979. The van der Waals surface area contributed by atoms with E-state index in [4.69, 9.17) is 0 Å². The van der Waals surface area contributed by atoms with Crippen molar-refractivity contribution in [1.82, 2.24) is 5.32 Å². The first kappa shape index (κ1) is 16.5. The average Bonchev–Trinajstić information content (AvgIpc) is 2.64. The van der Waals surface area contributed by atoms with E-state index < -0.39 is 0 Å². The molecule has 1 aromatic rings. The second kappa shape index (κ2) is 7.93. The Bertz CT molecular complexity index is 432. The van der Waals surface area contributed by atoms with Gasteiger partial charge in [-0.05, 0) is 80.8 Å². The maximum absolute atomic E-state index is 14.6. The number of nitrogens with one attached hydrogen (secondary N) is 1. The van der Waals surface area contributed by atoms with Gasteiger partial charge in [-0.15, -0.1) is 0 Å². The first-order valence-electron chi connectivity index (χ1n) is 8.60. The van der Waals surface area contributed by atoms with Gasteiger partial charge in [-0.1, -0.05) is 32.3 Å². The van der Waals surface area contributed by atoms with Crippen LogP contribution in [0.3, 0.4) is 0 Å². The minimum atomic E-state index is 0.0138. The standard InChI is InChI=1S/C19H30FN/c1-4-10-21-13-16-8-6-5-7-9-17(16)19-15(3)11-14(2)12-18(19)20/h11-12,16-17,21H,4-10,13H2,1-3H3. The van der Waals surface area contributed by atoms with E-state index in [0.717, 1.165) is 42.6 Å². The highest BCUT2D eigenvalue weighted by molar-refractivity contribution is 5.35. The predicted molar refractivity (Wildman–Crippen MR) is 88.4 cm³/mol. The fourth-order valence-electron chi connectivity index (χ4n) is 3.87. The summed E-state index contributed by atoms with van der Waals surface area (Å²) in [5.41, 5.74) is 3.16. The molecule has 1 aliphatic carbocycles. The monoisotopic (exact) mass is 291 g/mol. The van der Waals surface area contributed by atoms with Gasteiger partial charge < -0.3 is 5.32 Å². The van der Waals surface area contributed by atoms with Gasteiger partial charge >= 0.3 is 0 Å². The third-order valence-corrected chi connectivity index (χ3v) is 4.84. The molecule has 0 bridgehead atoms. The molecule has 118 valence electrons. The lowest BCUT2D eigenvalue weighted by Crippen LogP contribution is -2.28. The Morgan fingerprint density at radius 2 is 1.90 bits per heavy atom. The Morgan fingerprint density at radius 1 is 1.14 bits per heavy atom. The van der Waals surface area contributed by atoms with E-state index in [1.54, 1.807) is 6.07 Å². The Kier molecular flexibility index (Phi) is 6.22. The largest absolute Gasteiger partial charge is 0.316 e. The van der Waals surface area contributed by atoms with Crippen LogP contribution in [0.2, 0.25) is 0 Å². The molecule has 0 heterocycles. The van der Waals surface area contributed by atoms with Crippen LogP contribution in [-0.4, -0.2) is 13.1 Å². The fourth-order valence-corrected chi connectivity index (χ4v) is 3.87. The van der Waals surface area contributed by atoms with Crippen molar-refractivity contribution in [3.63, 3.8) is 0 Å². The highest BCUT2D eigenvalue weighted by atomic mass is 19.1. The first-order chi connectivity index (χ1) is 10.1. The van der Waals surface area contributed by atoms with Crippen LogP contribution in [0.1, 0.15) is 68.1 Å². The average molecular weight is 291 g/mol. The second-order valence-electron chi connectivity index (χ2n) is 6.69. The number of aryl methyl sites for hydroxylation is 2. The number of hydrogen-bond acceptors (Lipinski definition) is 1. The summed E-state index contributed by atoms with van der Waals surface area (Å²) >= 11 is 0. The molecule has 0 amide bonds. The summed E-state index contributed by atoms with van der Waals surface area (Å²) in [6, 6.07) is 3.85. The Hall–Kier alpha value is -0.890. The predicted octanol–water partition coefficient (Wildman–Crippen LogP) is 5.11. The molecular weight excluding hydrogens is 261 g/mol. The molecule has 2 unspecified atom stereocenters. The van der Waals surface area contributed by atoms with E-state index in [-0.39, 0.29) is 5.82 Å². The van der Waals surface area contributed by atoms with Gasteiger partial charge in [0.2, 0.25) is 0 Å². The first-order valence-corrected chi connectivity index (χ1v) is 8.60. The molecule has 1 N–H and O–H groups in total. The molecule has 1 nitrogen and oxygen atoms in total. The summed E-state index contributed by atoms with van der Waals surface area (Å²) in [6.45, 7) is 8.35. The minimum Gasteiger partial charge on any atom is -0.316 e. The number of benzene rings is 1. The molecule has 0 radical (unpaired) electrons. The molecule has 2 heteroatoms. The molecule has 1 saturated carbocycles. The van der Waals surface area contributed by atoms with E-state index in [9.17, 15) is 4.39 Å². The zero-order chi connectivity index (χ0) is 15.2. The Labute approximate surface area is 129 Å². The molecule has 2 rings (SSSR count). The van der Waals surface area contributed by atoms with E-state index in [2.05, 4.69) is 25.2 Å². The van der Waals surface area contributed by atoms with Crippen LogP contribution in [0, 0.1) is 25.6 Å². The van der Waals surface area contributed by atoms with Crippen LogP contribution >= 0.6 is 0 Å². The quantitative estimate of drug-likeness (QED) is 0.587. The van der Waals surface area contributed by atoms with Crippen LogP contribution in [0.4, 0.5) is 4.39 Å². The molecule has 1 fully saturated rings. The number of halogens is 1. The minimum absolute atomic E-state index is 0.0138. The lowest BCUT2D eigenvalue weighted by atomic mass is 9.80. The third kappa shape index (κ3) is 4.29. The highest BCUT2D eigenvalue weighted by Gasteiger charge is 2.28. The molecular formula is C19H30FN. The second-order valence-corrected chi connectivity index (χ2v) is 6.69. The molecule has 2 atom stereocenters. The van der Waals surface area contributed by atoms with Gasteiger partial charge in [0, 0.05) is 0 Å². The van der Waals surface area contributed by atoms with Gasteiger partial charge in [0.15, 0.2) is 0 Å². The normalized spacial score (nSPS) is 23.0. The van der Waals surface area contributed by atoms with Gasteiger partial charge in [0.1, 0.15) is 5.82 Å². The zero-order valence-electron chi connectivity index (χ0n) is 13.8.